The average Bonchev–Trinajstić information content (AvgIpc) is 2.80. The van der Waals surface area contributed by atoms with Crippen molar-refractivity contribution in [3.63, 3.8) is 0 Å². The van der Waals surface area contributed by atoms with Gasteiger partial charge in [-0.25, -0.2) is 0 Å². The van der Waals surface area contributed by atoms with Gasteiger partial charge in [0.25, 0.3) is 0 Å². The van der Waals surface area contributed by atoms with Gasteiger partial charge in [-0.3, -0.25) is 4.98 Å². The number of rotatable bonds is 6. The largest absolute Gasteiger partial charge is 0.417 e. The van der Waals surface area contributed by atoms with Crippen LogP contribution in [0.5, 0.6) is 11.8 Å². The van der Waals surface area contributed by atoms with Crippen LogP contribution in [-0.4, -0.2) is 16.5 Å². The molecule has 0 aliphatic rings. The minimum absolute atomic E-state index is 0.244. The molecule has 5 heteroatoms. The zero-order valence-corrected chi connectivity index (χ0v) is 10.6. The molecule has 0 amide bonds. The number of hydrogen-bond acceptors (Lipinski definition) is 5. The fraction of sp³-hybridized carbons (Fsp3) is 0.385. The Labute approximate surface area is 106 Å². The Morgan fingerprint density at radius 3 is 3.00 bits per heavy atom. The molecular formula is C13H17N3O2. The summed E-state index contributed by atoms with van der Waals surface area (Å²) >= 11 is 0. The predicted octanol–water partition coefficient (Wildman–Crippen LogP) is 2.67. The van der Waals surface area contributed by atoms with Gasteiger partial charge in [0.1, 0.15) is 6.26 Å². The van der Waals surface area contributed by atoms with E-state index in [1.54, 1.807) is 12.5 Å². The zero-order valence-electron chi connectivity index (χ0n) is 10.6. The van der Waals surface area contributed by atoms with E-state index < -0.39 is 0 Å². The molecule has 1 N–H and O–H groups in total. The molecule has 2 aromatic rings. The molecule has 2 heterocycles. The van der Waals surface area contributed by atoms with Crippen LogP contribution < -0.4 is 10.1 Å². The van der Waals surface area contributed by atoms with Crippen LogP contribution >= 0.6 is 0 Å². The molecule has 0 aliphatic heterocycles. The third kappa shape index (κ3) is 3.56. The maximum Gasteiger partial charge on any atom is 0.399 e. The van der Waals surface area contributed by atoms with Gasteiger partial charge in [-0.15, -0.1) is 0 Å². The van der Waals surface area contributed by atoms with Crippen LogP contribution in [-0.2, 0) is 6.54 Å². The second-order valence-corrected chi connectivity index (χ2v) is 4.02. The summed E-state index contributed by atoms with van der Waals surface area (Å²) in [5.41, 5.74) is 1.78. The second kappa shape index (κ2) is 6.16. The van der Waals surface area contributed by atoms with E-state index in [2.05, 4.69) is 22.2 Å². The topological polar surface area (TPSA) is 60.2 Å². The van der Waals surface area contributed by atoms with E-state index in [0.29, 0.717) is 12.3 Å². The first-order chi connectivity index (χ1) is 8.78. The summed E-state index contributed by atoms with van der Waals surface area (Å²) in [4.78, 5) is 8.36. The molecule has 0 unspecified atom stereocenters. The summed E-state index contributed by atoms with van der Waals surface area (Å²) in [5.74, 6) is 0.621. The van der Waals surface area contributed by atoms with Gasteiger partial charge < -0.3 is 14.5 Å². The van der Waals surface area contributed by atoms with E-state index in [1.807, 2.05) is 19.1 Å². The van der Waals surface area contributed by atoms with Crippen molar-refractivity contribution < 1.29 is 9.15 Å². The number of nitrogens with one attached hydrogen (secondary N) is 1. The van der Waals surface area contributed by atoms with Crippen molar-refractivity contribution in [1.29, 1.82) is 0 Å². The van der Waals surface area contributed by atoms with Gasteiger partial charge in [0, 0.05) is 12.2 Å². The molecule has 0 saturated heterocycles. The lowest BCUT2D eigenvalue weighted by molar-refractivity contribution is 0.329. The van der Waals surface area contributed by atoms with Gasteiger partial charge in [-0.2, -0.15) is 4.98 Å². The van der Waals surface area contributed by atoms with E-state index >= 15 is 0 Å². The smallest absolute Gasteiger partial charge is 0.399 e. The van der Waals surface area contributed by atoms with Crippen molar-refractivity contribution in [2.45, 2.75) is 26.8 Å². The Morgan fingerprint density at radius 1 is 1.39 bits per heavy atom. The second-order valence-electron chi connectivity index (χ2n) is 4.02. The molecule has 2 rings (SSSR count). The fourth-order valence-corrected chi connectivity index (χ4v) is 1.43. The van der Waals surface area contributed by atoms with Gasteiger partial charge >= 0.3 is 6.08 Å². The number of aryl methyl sites for hydroxylation is 1. The highest BCUT2D eigenvalue weighted by Crippen LogP contribution is 2.19. The summed E-state index contributed by atoms with van der Waals surface area (Å²) in [5, 5.41) is 3.25. The van der Waals surface area contributed by atoms with Gasteiger partial charge in [-0.05, 0) is 32.0 Å². The molecule has 0 bridgehead atoms. The first-order valence-corrected chi connectivity index (χ1v) is 6.03. The van der Waals surface area contributed by atoms with Crippen LogP contribution in [0.2, 0.25) is 0 Å². The molecule has 0 atom stereocenters. The summed E-state index contributed by atoms with van der Waals surface area (Å²) in [6.45, 7) is 5.69. The molecule has 0 radical (unpaired) electrons. The maximum atomic E-state index is 5.45. The van der Waals surface area contributed by atoms with Crippen molar-refractivity contribution in [2.75, 3.05) is 6.54 Å². The van der Waals surface area contributed by atoms with Gasteiger partial charge in [0.05, 0.1) is 11.9 Å². The Hall–Kier alpha value is -1.88. The summed E-state index contributed by atoms with van der Waals surface area (Å²) < 4.78 is 10.7. The Balaban J connectivity index is 1.91. The quantitative estimate of drug-likeness (QED) is 0.795. The molecule has 5 nitrogen and oxygen atoms in total. The minimum atomic E-state index is 0.244. The summed E-state index contributed by atoms with van der Waals surface area (Å²) in [6, 6.07) is 3.71. The van der Waals surface area contributed by atoms with Crippen LogP contribution in [0.4, 0.5) is 0 Å². The van der Waals surface area contributed by atoms with Gasteiger partial charge in [-0.1, -0.05) is 6.92 Å². The standard InChI is InChI=1S/C13H17N3O2/c1-3-6-14-7-11-9-17-13(16-11)18-12-5-4-10(2)15-8-12/h4-5,8-9,14H,3,6-7H2,1-2H3. The summed E-state index contributed by atoms with van der Waals surface area (Å²) in [6.07, 6.45) is 4.58. The molecule has 0 aliphatic carbocycles. The van der Waals surface area contributed by atoms with E-state index in [1.165, 1.54) is 0 Å². The van der Waals surface area contributed by atoms with Crippen molar-refractivity contribution in [1.82, 2.24) is 15.3 Å². The third-order valence-electron chi connectivity index (χ3n) is 2.35. The molecular weight excluding hydrogens is 230 g/mol. The molecule has 96 valence electrons. The van der Waals surface area contributed by atoms with Crippen LogP contribution in [0.25, 0.3) is 0 Å². The van der Waals surface area contributed by atoms with E-state index in [-0.39, 0.29) is 6.08 Å². The molecule has 2 aromatic heterocycles. The highest BCUT2D eigenvalue weighted by molar-refractivity contribution is 5.22. The monoisotopic (exact) mass is 247 g/mol. The highest BCUT2D eigenvalue weighted by atomic mass is 16.6. The maximum absolute atomic E-state index is 5.45. The van der Waals surface area contributed by atoms with E-state index in [0.717, 1.165) is 24.4 Å². The number of oxazole rings is 1. The first kappa shape index (κ1) is 12.6. The van der Waals surface area contributed by atoms with Crippen LogP contribution in [0, 0.1) is 6.92 Å². The zero-order chi connectivity index (χ0) is 12.8. The first-order valence-electron chi connectivity index (χ1n) is 6.03. The molecule has 0 spiro atoms. The lowest BCUT2D eigenvalue weighted by Gasteiger charge is -1.99. The Morgan fingerprint density at radius 2 is 2.28 bits per heavy atom. The normalized spacial score (nSPS) is 10.6. The van der Waals surface area contributed by atoms with Crippen molar-refractivity contribution >= 4 is 0 Å². The SMILES string of the molecule is CCCNCc1coc(Oc2ccc(C)nc2)n1. The lowest BCUT2D eigenvalue weighted by Crippen LogP contribution is -2.13. The van der Waals surface area contributed by atoms with E-state index in [9.17, 15) is 0 Å². The number of pyridine rings is 1. The Bertz CT molecular complexity index is 479. The molecule has 18 heavy (non-hydrogen) atoms. The van der Waals surface area contributed by atoms with Crippen LogP contribution in [0.1, 0.15) is 24.7 Å². The minimum Gasteiger partial charge on any atom is -0.417 e. The van der Waals surface area contributed by atoms with Crippen molar-refractivity contribution in [2.24, 2.45) is 0 Å². The van der Waals surface area contributed by atoms with Gasteiger partial charge in [0.2, 0.25) is 0 Å². The number of ether oxygens (including phenoxy) is 1. The lowest BCUT2D eigenvalue weighted by atomic mass is 10.4. The third-order valence-corrected chi connectivity index (χ3v) is 2.35. The number of aromatic nitrogens is 2. The van der Waals surface area contributed by atoms with Crippen LogP contribution in [0.15, 0.2) is 29.0 Å². The molecule has 0 fully saturated rings. The predicted molar refractivity (Wildman–Crippen MR) is 67.5 cm³/mol. The molecule has 0 saturated carbocycles. The fourth-order valence-electron chi connectivity index (χ4n) is 1.43. The summed E-state index contributed by atoms with van der Waals surface area (Å²) in [7, 11) is 0. The van der Waals surface area contributed by atoms with Crippen molar-refractivity contribution in [3.05, 3.63) is 36.0 Å². The van der Waals surface area contributed by atoms with Crippen LogP contribution in [0.3, 0.4) is 0 Å². The highest BCUT2D eigenvalue weighted by Gasteiger charge is 2.06. The van der Waals surface area contributed by atoms with Crippen molar-refractivity contribution in [3.8, 4) is 11.8 Å². The average molecular weight is 247 g/mol. The number of hydrogen-bond donors (Lipinski definition) is 1. The van der Waals surface area contributed by atoms with E-state index in [4.69, 9.17) is 9.15 Å². The molecule has 0 aromatic carbocycles. The Kier molecular flexibility index (Phi) is 4.30. The van der Waals surface area contributed by atoms with Gasteiger partial charge in [0.15, 0.2) is 5.75 Å². The number of nitrogens with zero attached hydrogens (tertiary/aromatic N) is 2.